The lowest BCUT2D eigenvalue weighted by Crippen LogP contribution is -2.21. The molecule has 0 saturated carbocycles. The highest BCUT2D eigenvalue weighted by atomic mass is 32.2. The van der Waals surface area contributed by atoms with Crippen molar-refractivity contribution in [1.29, 1.82) is 0 Å². The molecule has 0 bridgehead atoms. The van der Waals surface area contributed by atoms with E-state index in [0.29, 0.717) is 0 Å². The minimum atomic E-state index is -6.09. The first-order valence-electron chi connectivity index (χ1n) is 5.26. The fourth-order valence-corrected chi connectivity index (χ4v) is 2.36. The van der Waals surface area contributed by atoms with Crippen LogP contribution in [-0.2, 0) is 77.5 Å². The maximum absolute atomic E-state index is 10.9. The Balaban J connectivity index is -0.000000129. The molecule has 0 spiro atoms. The van der Waals surface area contributed by atoms with Crippen molar-refractivity contribution in [3.05, 3.63) is 29.8 Å². The van der Waals surface area contributed by atoms with E-state index in [0.717, 1.165) is 5.56 Å². The van der Waals surface area contributed by atoms with Crippen LogP contribution in [0.5, 0.6) is 5.75 Å². The van der Waals surface area contributed by atoms with Gasteiger partial charge in [-0.15, -0.1) is 0 Å². The van der Waals surface area contributed by atoms with Gasteiger partial charge < -0.3 is 28.3 Å². The minimum Gasteiger partial charge on any atom is -0.789 e. The largest absolute Gasteiger partial charge is 0.789 e. The molecule has 0 heterocycles. The van der Waals surface area contributed by atoms with Gasteiger partial charge in [-0.25, -0.2) is 8.42 Å². The second kappa shape index (κ2) is 14.4. The highest BCUT2D eigenvalue weighted by Gasteiger charge is 2.36. The average molecular weight is 555 g/mol. The van der Waals surface area contributed by atoms with E-state index in [4.69, 9.17) is 13.0 Å². The molecule has 0 aliphatic carbocycles. The van der Waals surface area contributed by atoms with E-state index < -0.39 is 31.3 Å². The lowest BCUT2D eigenvalue weighted by Gasteiger charge is -2.34. The molecule has 20 heteroatoms. The van der Waals surface area contributed by atoms with Crippen LogP contribution in [0.4, 0.5) is 13.2 Å². The van der Waals surface area contributed by atoms with Crippen LogP contribution < -0.4 is 19.2 Å². The number of alkyl halides is 3. The number of phosphoric acid groups is 2. The van der Waals surface area contributed by atoms with Gasteiger partial charge in [0.05, 0.1) is 7.82 Å². The summed E-state index contributed by atoms with van der Waals surface area (Å²) in [5.41, 5.74) is -4.79. The molecular formula is C8H19F3O10P2S5. The molecule has 1 atom stereocenters. The molecule has 0 aromatic heterocycles. The molecule has 0 N–H and O–H groups in total. The summed E-state index contributed by atoms with van der Waals surface area (Å²) in [5.74, 6) is -0.141. The normalized spacial score (nSPS) is 12.9. The van der Waals surface area contributed by atoms with Crippen LogP contribution in [0.1, 0.15) is 5.56 Å². The van der Waals surface area contributed by atoms with Gasteiger partial charge in [0, 0.05) is 0 Å². The molecule has 28 heavy (non-hydrogen) atoms. The predicted octanol–water partition coefficient (Wildman–Crippen LogP) is -3.48. The molecule has 1 aromatic rings. The van der Waals surface area contributed by atoms with Crippen molar-refractivity contribution in [3.63, 3.8) is 0 Å². The Morgan fingerprint density at radius 1 is 0.929 bits per heavy atom. The Morgan fingerprint density at radius 2 is 1.25 bits per heavy atom. The van der Waals surface area contributed by atoms with Crippen molar-refractivity contribution in [2.45, 2.75) is 12.4 Å². The highest BCUT2D eigenvalue weighted by molar-refractivity contribution is 7.86. The molecule has 0 aliphatic rings. The van der Waals surface area contributed by atoms with Crippen molar-refractivity contribution >= 4 is 79.7 Å². The fraction of sp³-hybridized carbons (Fsp3) is 0.250. The standard InChI is InChI=1S/C7H10O7P2.CHF3O3S.4H2S/c1-6-2-4-7(5-3-6)13-16(11,12)14-15(8,9)10;2-1(3,4)8(5,6)7;;;;/h2-5H,1H3,(H,11,12)(H2,8,9,10);(H,5,6,7);4*1H2. The molecule has 0 radical (unpaired) electrons. The van der Waals surface area contributed by atoms with Gasteiger partial charge in [-0.05, 0) is 19.1 Å². The quantitative estimate of drug-likeness (QED) is 0.157. The van der Waals surface area contributed by atoms with Crippen LogP contribution in [0.3, 0.4) is 0 Å². The first-order valence-corrected chi connectivity index (χ1v) is 9.59. The van der Waals surface area contributed by atoms with Gasteiger partial charge in [-0.3, -0.25) is 8.88 Å². The van der Waals surface area contributed by atoms with Crippen LogP contribution in [0.15, 0.2) is 24.3 Å². The second-order valence-corrected chi connectivity index (χ2v) is 7.78. The third kappa shape index (κ3) is 18.4. The van der Waals surface area contributed by atoms with Gasteiger partial charge >= 0.3 is 13.3 Å². The molecule has 1 aromatic carbocycles. The Morgan fingerprint density at radius 3 is 1.50 bits per heavy atom. The Labute approximate surface area is 186 Å². The van der Waals surface area contributed by atoms with E-state index in [1.165, 1.54) is 12.1 Å². The van der Waals surface area contributed by atoms with E-state index in [1.807, 2.05) is 0 Å². The summed E-state index contributed by atoms with van der Waals surface area (Å²) in [6.45, 7) is 1.76. The summed E-state index contributed by atoms with van der Waals surface area (Å²) >= 11 is 0. The summed E-state index contributed by atoms with van der Waals surface area (Å²) in [4.78, 5) is 31.1. The average Bonchev–Trinajstić information content (AvgIpc) is 2.26. The molecular weight excluding hydrogens is 535 g/mol. The van der Waals surface area contributed by atoms with Gasteiger partial charge in [0.1, 0.15) is 5.75 Å². The highest BCUT2D eigenvalue weighted by Crippen LogP contribution is 2.50. The number of phosphoric ester groups is 1. The van der Waals surface area contributed by atoms with E-state index in [9.17, 15) is 37.0 Å². The van der Waals surface area contributed by atoms with Crippen molar-refractivity contribution < 1.29 is 58.8 Å². The van der Waals surface area contributed by atoms with E-state index in [2.05, 4.69) is 8.83 Å². The summed E-state index contributed by atoms with van der Waals surface area (Å²) < 4.78 is 87.4. The number of halogens is 3. The first-order chi connectivity index (χ1) is 10.4. The zero-order valence-electron chi connectivity index (χ0n) is 13.6. The van der Waals surface area contributed by atoms with Gasteiger partial charge in [0.15, 0.2) is 10.1 Å². The first kappa shape index (κ1) is 39.0. The summed E-state index contributed by atoms with van der Waals surface area (Å²) in [6.07, 6.45) is 0. The molecule has 172 valence electrons. The lowest BCUT2D eigenvalue weighted by atomic mass is 10.2. The molecule has 1 unspecified atom stereocenters. The third-order valence-electron chi connectivity index (χ3n) is 1.72. The minimum absolute atomic E-state index is 0. The summed E-state index contributed by atoms with van der Waals surface area (Å²) in [5, 5.41) is 0. The van der Waals surface area contributed by atoms with Crippen LogP contribution in [0.25, 0.3) is 0 Å². The smallest absolute Gasteiger partial charge is 0.485 e. The van der Waals surface area contributed by atoms with Crippen molar-refractivity contribution in [2.24, 2.45) is 0 Å². The Hall–Kier alpha value is 0.420. The molecule has 0 saturated heterocycles. The van der Waals surface area contributed by atoms with Crippen molar-refractivity contribution in [2.75, 3.05) is 0 Å². The van der Waals surface area contributed by atoms with Crippen LogP contribution in [0.2, 0.25) is 0 Å². The molecule has 1 rings (SSSR count). The molecule has 10 nitrogen and oxygen atoms in total. The maximum Gasteiger partial charge on any atom is 0.485 e. The maximum atomic E-state index is 10.9. The summed E-state index contributed by atoms with van der Waals surface area (Å²) in [6, 6.07) is 5.68. The van der Waals surface area contributed by atoms with Crippen LogP contribution in [-0.4, -0.2) is 18.5 Å². The van der Waals surface area contributed by atoms with Gasteiger partial charge in [-0.2, -0.15) is 13.2 Å². The third-order valence-corrected chi connectivity index (χ3v) is 4.32. The zero-order chi connectivity index (χ0) is 19.4. The number of aryl methyl sites for hydroxylation is 1. The summed E-state index contributed by atoms with van der Waals surface area (Å²) in [7, 11) is -16.9. The fourth-order valence-electron chi connectivity index (χ4n) is 0.867. The van der Waals surface area contributed by atoms with Crippen molar-refractivity contribution in [1.82, 2.24) is 0 Å². The molecule has 0 fully saturated rings. The van der Waals surface area contributed by atoms with E-state index in [-0.39, 0.29) is 59.7 Å². The van der Waals surface area contributed by atoms with Gasteiger partial charge in [0.25, 0.3) is 0 Å². The second-order valence-electron chi connectivity index (χ2n) is 3.78. The topological polar surface area (TPSA) is 179 Å². The zero-order valence-corrected chi connectivity index (χ0v) is 20.9. The van der Waals surface area contributed by atoms with Crippen LogP contribution in [0, 0.1) is 6.92 Å². The van der Waals surface area contributed by atoms with Crippen molar-refractivity contribution in [3.8, 4) is 5.75 Å². The van der Waals surface area contributed by atoms with Gasteiger partial charge in [0.2, 0.25) is 0 Å². The number of hydrogen-bond donors (Lipinski definition) is 0. The Bertz CT molecular complexity index is 751. The number of rotatable bonds is 4. The SMILES string of the molecule is Cc1ccc(OP(=O)([O-])OP(=O)([O-])[O-])cc1.O=S(=O)([O-])C(F)(F)F.[SH3+].[SH3+].[SH3+].[SH3+]. The number of hydrogen-bond acceptors (Lipinski definition) is 10. The monoisotopic (exact) mass is 554 g/mol. The molecule has 0 aliphatic heterocycles. The van der Waals surface area contributed by atoms with E-state index in [1.54, 1.807) is 19.1 Å². The van der Waals surface area contributed by atoms with Crippen LogP contribution >= 0.6 is 15.6 Å². The molecule has 0 amide bonds. The Kier molecular flexibility index (Phi) is 20.1. The predicted molar refractivity (Wildman–Crippen MR) is 110 cm³/mol. The van der Waals surface area contributed by atoms with Gasteiger partial charge in [-0.1, -0.05) is 71.7 Å². The lowest BCUT2D eigenvalue weighted by molar-refractivity contribution is -0.339. The number of benzene rings is 1. The van der Waals surface area contributed by atoms with E-state index >= 15 is 0 Å².